The molecule has 0 amide bonds. The van der Waals surface area contributed by atoms with Crippen LogP contribution in [-0.4, -0.2) is 17.3 Å². The highest BCUT2D eigenvalue weighted by molar-refractivity contribution is 5.89. The Kier molecular flexibility index (Phi) is 1.30. The molecule has 2 N–H and O–H groups in total. The minimum Gasteiger partial charge on any atom is -0.513 e. The van der Waals surface area contributed by atoms with Gasteiger partial charge in [-0.3, -0.25) is 0 Å². The van der Waals surface area contributed by atoms with Gasteiger partial charge < -0.3 is 15.2 Å². The van der Waals surface area contributed by atoms with Crippen molar-refractivity contribution in [3.63, 3.8) is 0 Å². The molecule has 0 aliphatic carbocycles. The van der Waals surface area contributed by atoms with Crippen molar-refractivity contribution in [1.29, 1.82) is 0 Å². The number of hydrogen-bond acceptors (Lipinski definition) is 4. The van der Waals surface area contributed by atoms with Crippen molar-refractivity contribution in [2.75, 3.05) is 0 Å². The third-order valence-electron chi connectivity index (χ3n) is 0.992. The number of carbonyl (C=O) groups is 1. The van der Waals surface area contributed by atoms with Crippen LogP contribution in [0, 0.1) is 0 Å². The highest BCUT2D eigenvalue weighted by Crippen LogP contribution is 2.05. The van der Waals surface area contributed by atoms with Crippen LogP contribution in [0.25, 0.3) is 0 Å². The maximum atomic E-state index is 10.5. The number of aliphatic hydroxyl groups excluding tert-OH is 1. The van der Waals surface area contributed by atoms with Crippen LogP contribution in [0.4, 0.5) is 0 Å². The van der Waals surface area contributed by atoms with Gasteiger partial charge in [0.1, 0.15) is 6.26 Å². The monoisotopic (exact) mass is 129 g/mol. The molecule has 1 fully saturated rings. The summed E-state index contributed by atoms with van der Waals surface area (Å²) >= 11 is 0. The molecular formula is C5H7NO3. The number of carbonyl (C=O) groups excluding carboxylic acids is 1. The highest BCUT2D eigenvalue weighted by atomic mass is 16.6. The van der Waals surface area contributed by atoms with Crippen molar-refractivity contribution >= 4 is 5.97 Å². The van der Waals surface area contributed by atoms with Crippen LogP contribution < -0.4 is 5.32 Å². The standard InChI is InChI=1S/C5H7NO3/c1-3-6-4(2-7)5(8)9-3/h2-3,6-7H,1H3/b4-2+. The molecule has 0 saturated carbocycles. The minimum absolute atomic E-state index is 0.113. The van der Waals surface area contributed by atoms with Crippen molar-refractivity contribution in [2.24, 2.45) is 0 Å². The Bertz CT molecular complexity index is 164. The van der Waals surface area contributed by atoms with Crippen molar-refractivity contribution in [3.05, 3.63) is 12.0 Å². The number of esters is 1. The first-order valence-electron chi connectivity index (χ1n) is 2.56. The lowest BCUT2D eigenvalue weighted by atomic mass is 10.5. The predicted molar refractivity (Wildman–Crippen MR) is 29.4 cm³/mol. The van der Waals surface area contributed by atoms with Gasteiger partial charge in [0.15, 0.2) is 11.9 Å². The summed E-state index contributed by atoms with van der Waals surface area (Å²) in [5, 5.41) is 10.9. The topological polar surface area (TPSA) is 58.6 Å². The molecule has 1 rings (SSSR count). The van der Waals surface area contributed by atoms with Crippen LogP contribution >= 0.6 is 0 Å². The smallest absolute Gasteiger partial charge is 0.359 e. The second-order valence-electron chi connectivity index (χ2n) is 1.73. The van der Waals surface area contributed by atoms with Gasteiger partial charge in [0, 0.05) is 0 Å². The van der Waals surface area contributed by atoms with Crippen molar-refractivity contribution in [2.45, 2.75) is 13.2 Å². The number of nitrogens with one attached hydrogen (secondary N) is 1. The number of hydrogen-bond donors (Lipinski definition) is 2. The van der Waals surface area contributed by atoms with E-state index in [9.17, 15) is 4.79 Å². The molecule has 0 bridgehead atoms. The van der Waals surface area contributed by atoms with E-state index in [0.29, 0.717) is 6.26 Å². The van der Waals surface area contributed by atoms with E-state index >= 15 is 0 Å². The first-order chi connectivity index (χ1) is 4.24. The summed E-state index contributed by atoms with van der Waals surface area (Å²) < 4.78 is 4.59. The van der Waals surface area contributed by atoms with E-state index in [-0.39, 0.29) is 11.9 Å². The summed E-state index contributed by atoms with van der Waals surface area (Å²) in [6.45, 7) is 1.68. The van der Waals surface area contributed by atoms with Crippen molar-refractivity contribution in [3.8, 4) is 0 Å². The van der Waals surface area contributed by atoms with Crippen LogP contribution in [0.15, 0.2) is 12.0 Å². The molecule has 1 aliphatic heterocycles. The zero-order valence-electron chi connectivity index (χ0n) is 4.92. The van der Waals surface area contributed by atoms with Crippen LogP contribution in [0.5, 0.6) is 0 Å². The zero-order valence-corrected chi connectivity index (χ0v) is 4.92. The molecule has 0 spiro atoms. The Balaban J connectivity index is 2.70. The molecule has 0 aromatic carbocycles. The molecule has 4 nitrogen and oxygen atoms in total. The van der Waals surface area contributed by atoms with E-state index in [1.807, 2.05) is 0 Å². The lowest BCUT2D eigenvalue weighted by molar-refractivity contribution is -0.138. The summed E-state index contributed by atoms with van der Waals surface area (Å²) in [7, 11) is 0. The first kappa shape index (κ1) is 5.94. The van der Waals surface area contributed by atoms with Crippen molar-refractivity contribution < 1.29 is 14.6 Å². The maximum absolute atomic E-state index is 10.5. The van der Waals surface area contributed by atoms with Crippen molar-refractivity contribution in [1.82, 2.24) is 5.32 Å². The lowest BCUT2D eigenvalue weighted by Gasteiger charge is -1.97. The van der Waals surface area contributed by atoms with Gasteiger partial charge >= 0.3 is 5.97 Å². The quantitative estimate of drug-likeness (QED) is 0.272. The predicted octanol–water partition coefficient (Wildman–Crippen LogP) is -0.122. The SMILES string of the molecule is CC1N/C(=C/O)C(=O)O1. The van der Waals surface area contributed by atoms with Gasteiger partial charge in [-0.25, -0.2) is 4.79 Å². The molecule has 0 radical (unpaired) electrons. The van der Waals surface area contributed by atoms with Gasteiger partial charge in [0.05, 0.1) is 0 Å². The Morgan fingerprint density at radius 1 is 1.89 bits per heavy atom. The summed E-state index contributed by atoms with van der Waals surface area (Å²) in [6, 6.07) is 0. The molecule has 0 aromatic heterocycles. The molecule has 1 aliphatic rings. The van der Waals surface area contributed by atoms with Crippen LogP contribution in [0.2, 0.25) is 0 Å². The number of aliphatic hydroxyl groups is 1. The number of cyclic esters (lactones) is 1. The summed E-state index contributed by atoms with van der Waals surface area (Å²) in [4.78, 5) is 10.5. The summed E-state index contributed by atoms with van der Waals surface area (Å²) in [6.07, 6.45) is 0.377. The van der Waals surface area contributed by atoms with E-state index in [4.69, 9.17) is 5.11 Å². The third-order valence-corrected chi connectivity index (χ3v) is 0.992. The Morgan fingerprint density at radius 3 is 2.78 bits per heavy atom. The van der Waals surface area contributed by atoms with E-state index < -0.39 is 5.97 Å². The Hall–Kier alpha value is -1.19. The second kappa shape index (κ2) is 1.97. The molecule has 0 aromatic rings. The fourth-order valence-electron chi connectivity index (χ4n) is 0.621. The molecule has 1 heterocycles. The van der Waals surface area contributed by atoms with Gasteiger partial charge in [-0.05, 0) is 6.92 Å². The molecule has 1 unspecified atom stereocenters. The minimum atomic E-state index is -0.509. The van der Waals surface area contributed by atoms with E-state index in [2.05, 4.69) is 10.1 Å². The first-order valence-corrected chi connectivity index (χ1v) is 2.56. The van der Waals surface area contributed by atoms with Crippen LogP contribution in [0.1, 0.15) is 6.92 Å². The maximum Gasteiger partial charge on any atom is 0.359 e. The highest BCUT2D eigenvalue weighted by Gasteiger charge is 2.23. The zero-order chi connectivity index (χ0) is 6.85. The van der Waals surface area contributed by atoms with Crippen LogP contribution in [-0.2, 0) is 9.53 Å². The van der Waals surface area contributed by atoms with Gasteiger partial charge in [-0.1, -0.05) is 0 Å². The summed E-state index contributed by atoms with van der Waals surface area (Å²) in [5.41, 5.74) is 0.113. The largest absolute Gasteiger partial charge is 0.513 e. The van der Waals surface area contributed by atoms with E-state index in [1.165, 1.54) is 0 Å². The van der Waals surface area contributed by atoms with E-state index in [0.717, 1.165) is 0 Å². The van der Waals surface area contributed by atoms with Gasteiger partial charge in [0.25, 0.3) is 0 Å². The molecule has 1 atom stereocenters. The number of ether oxygens (including phenoxy) is 1. The Morgan fingerprint density at radius 2 is 2.56 bits per heavy atom. The van der Waals surface area contributed by atoms with E-state index in [1.54, 1.807) is 6.92 Å². The van der Waals surface area contributed by atoms with Gasteiger partial charge in [-0.2, -0.15) is 0 Å². The van der Waals surface area contributed by atoms with Gasteiger partial charge in [0.2, 0.25) is 0 Å². The fourth-order valence-corrected chi connectivity index (χ4v) is 0.621. The average molecular weight is 129 g/mol. The molecule has 9 heavy (non-hydrogen) atoms. The Labute approximate surface area is 52.1 Å². The lowest BCUT2D eigenvalue weighted by Crippen LogP contribution is -2.16. The normalized spacial score (nSPS) is 30.1. The van der Waals surface area contributed by atoms with Gasteiger partial charge in [-0.15, -0.1) is 0 Å². The molecule has 50 valence electrons. The fraction of sp³-hybridized carbons (Fsp3) is 0.400. The molecule has 4 heteroatoms. The second-order valence-corrected chi connectivity index (χ2v) is 1.73. The third kappa shape index (κ3) is 0.960. The summed E-state index contributed by atoms with van der Waals surface area (Å²) in [5.74, 6) is -0.509. The van der Waals surface area contributed by atoms with Crippen LogP contribution in [0.3, 0.4) is 0 Å². The molecular weight excluding hydrogens is 122 g/mol. The number of rotatable bonds is 0. The molecule has 1 saturated heterocycles. The average Bonchev–Trinajstić information content (AvgIpc) is 2.10.